The third kappa shape index (κ3) is 5.13. The van der Waals surface area contributed by atoms with Crippen molar-refractivity contribution in [1.29, 1.82) is 0 Å². The third-order valence-corrected chi connectivity index (χ3v) is 7.27. The van der Waals surface area contributed by atoms with Gasteiger partial charge < -0.3 is 15.5 Å². The van der Waals surface area contributed by atoms with Crippen molar-refractivity contribution >= 4 is 28.4 Å². The van der Waals surface area contributed by atoms with Gasteiger partial charge in [0.05, 0.1) is 0 Å². The smallest absolute Gasteiger partial charge is 0.248 e. The molecule has 1 amide bonds. The van der Waals surface area contributed by atoms with Crippen LogP contribution in [0.1, 0.15) is 45.1 Å². The maximum atomic E-state index is 12.7. The number of carbonyl (C=O) groups is 1. The molecule has 2 N–H and O–H groups in total. The number of fused-ring (bicyclic) bond motifs is 1. The van der Waals surface area contributed by atoms with Crippen LogP contribution >= 0.6 is 0 Å². The van der Waals surface area contributed by atoms with Crippen LogP contribution in [-0.4, -0.2) is 52.8 Å². The zero-order valence-electron chi connectivity index (χ0n) is 16.9. The van der Waals surface area contributed by atoms with Crippen LogP contribution in [-0.2, 0) is 22.0 Å². The average Bonchev–Trinajstić information content (AvgIpc) is 3.16. The van der Waals surface area contributed by atoms with Gasteiger partial charge in [0.1, 0.15) is 6.54 Å². The summed E-state index contributed by atoms with van der Waals surface area (Å²) in [5, 5.41) is 6.98. The normalized spacial score (nSPS) is 23.2. The Morgan fingerprint density at radius 2 is 2.11 bits per heavy atom. The van der Waals surface area contributed by atoms with Crippen molar-refractivity contribution in [2.24, 2.45) is 4.99 Å². The van der Waals surface area contributed by atoms with Gasteiger partial charge in [-0.25, -0.2) is 4.99 Å². The van der Waals surface area contributed by atoms with Gasteiger partial charge in [0.25, 0.3) is 0 Å². The van der Waals surface area contributed by atoms with Crippen molar-refractivity contribution in [2.75, 3.05) is 30.3 Å². The number of para-hydroxylation sites is 1. The van der Waals surface area contributed by atoms with Crippen LogP contribution in [0.3, 0.4) is 0 Å². The highest BCUT2D eigenvalue weighted by Gasteiger charge is 2.27. The van der Waals surface area contributed by atoms with E-state index in [1.165, 1.54) is 5.56 Å². The standard InChI is InChI=1S/C21H32N4O2S/c1-3-22-21(24-17-9-7-10-18(14-17)28(27)4-2)23-15-20(26)25-13-12-16-8-5-6-11-19(16)25/h5-6,8,11,17-18H,3-4,7,9-10,12-15H2,1-2H3,(H2,22,23,24). The maximum Gasteiger partial charge on any atom is 0.248 e. The van der Waals surface area contributed by atoms with E-state index in [1.807, 2.05) is 36.9 Å². The first-order valence-corrected chi connectivity index (χ1v) is 11.8. The predicted molar refractivity (Wildman–Crippen MR) is 116 cm³/mol. The van der Waals surface area contributed by atoms with Crippen LogP contribution < -0.4 is 15.5 Å². The largest absolute Gasteiger partial charge is 0.357 e. The molecule has 0 bridgehead atoms. The van der Waals surface area contributed by atoms with Gasteiger partial charge in [-0.1, -0.05) is 31.5 Å². The number of hydrogen-bond acceptors (Lipinski definition) is 3. The lowest BCUT2D eigenvalue weighted by Gasteiger charge is -2.30. The lowest BCUT2D eigenvalue weighted by atomic mass is 9.95. The molecule has 3 rings (SSSR count). The quantitative estimate of drug-likeness (QED) is 0.563. The van der Waals surface area contributed by atoms with Crippen LogP contribution in [0, 0.1) is 0 Å². The van der Waals surface area contributed by atoms with E-state index in [4.69, 9.17) is 0 Å². The molecular weight excluding hydrogens is 372 g/mol. The third-order valence-electron chi connectivity index (χ3n) is 5.53. The fraction of sp³-hybridized carbons (Fsp3) is 0.619. The molecular formula is C21H32N4O2S. The molecule has 1 aliphatic carbocycles. The number of carbonyl (C=O) groups excluding carboxylic acids is 1. The molecule has 0 spiro atoms. The molecule has 154 valence electrons. The maximum absolute atomic E-state index is 12.7. The van der Waals surface area contributed by atoms with Crippen molar-refractivity contribution in [1.82, 2.24) is 10.6 Å². The minimum Gasteiger partial charge on any atom is -0.357 e. The first kappa shape index (κ1) is 20.8. The summed E-state index contributed by atoms with van der Waals surface area (Å²) < 4.78 is 12.2. The van der Waals surface area contributed by atoms with Crippen molar-refractivity contribution in [3.8, 4) is 0 Å². The Hall–Kier alpha value is -1.89. The SMILES string of the molecule is CCNC(=NCC(=O)N1CCc2ccccc21)NC1CCCC(S(=O)CC)C1. The first-order chi connectivity index (χ1) is 13.6. The van der Waals surface area contributed by atoms with E-state index in [0.717, 1.165) is 56.6 Å². The van der Waals surface area contributed by atoms with Gasteiger partial charge >= 0.3 is 0 Å². The van der Waals surface area contributed by atoms with Crippen molar-refractivity contribution < 1.29 is 9.00 Å². The monoisotopic (exact) mass is 404 g/mol. The summed E-state index contributed by atoms with van der Waals surface area (Å²) in [5.74, 6) is 1.42. The Bertz CT molecular complexity index is 737. The first-order valence-electron chi connectivity index (χ1n) is 10.4. The Kier molecular flexibility index (Phi) is 7.48. The Morgan fingerprint density at radius 3 is 2.89 bits per heavy atom. The highest BCUT2D eigenvalue weighted by molar-refractivity contribution is 7.85. The van der Waals surface area contributed by atoms with Crippen LogP contribution in [0.2, 0.25) is 0 Å². The predicted octanol–water partition coefficient (Wildman–Crippen LogP) is 2.21. The lowest BCUT2D eigenvalue weighted by Crippen LogP contribution is -2.47. The number of hydrogen-bond donors (Lipinski definition) is 2. The number of nitrogens with one attached hydrogen (secondary N) is 2. The van der Waals surface area contributed by atoms with Gasteiger partial charge in [-0.3, -0.25) is 9.00 Å². The topological polar surface area (TPSA) is 73.8 Å². The van der Waals surface area contributed by atoms with Crippen LogP contribution in [0.25, 0.3) is 0 Å². The van der Waals surface area contributed by atoms with E-state index in [-0.39, 0.29) is 23.7 Å². The fourth-order valence-corrected chi connectivity index (χ4v) is 5.44. The number of rotatable bonds is 6. The van der Waals surface area contributed by atoms with Gasteiger partial charge in [0.2, 0.25) is 5.91 Å². The van der Waals surface area contributed by atoms with Gasteiger partial charge in [-0.05, 0) is 44.2 Å². The summed E-state index contributed by atoms with van der Waals surface area (Å²) in [7, 11) is -0.748. The van der Waals surface area contributed by atoms with E-state index in [2.05, 4.69) is 21.7 Å². The van der Waals surface area contributed by atoms with Gasteiger partial charge in [-0.2, -0.15) is 0 Å². The summed E-state index contributed by atoms with van der Waals surface area (Å²) in [6.45, 7) is 5.60. The number of aliphatic imine (C=N–C) groups is 1. The average molecular weight is 405 g/mol. The van der Waals surface area contributed by atoms with E-state index in [1.54, 1.807) is 0 Å². The molecule has 1 aliphatic heterocycles. The molecule has 0 aromatic heterocycles. The molecule has 1 fully saturated rings. The Labute approximate surface area is 170 Å². The molecule has 1 saturated carbocycles. The molecule has 1 aromatic carbocycles. The number of anilines is 1. The second kappa shape index (κ2) is 10.0. The molecule has 3 unspecified atom stereocenters. The zero-order chi connectivity index (χ0) is 19.9. The molecule has 2 aliphatic rings. The number of benzene rings is 1. The van der Waals surface area contributed by atoms with Crippen molar-refractivity contribution in [3.63, 3.8) is 0 Å². The summed E-state index contributed by atoms with van der Waals surface area (Å²) in [6, 6.07) is 8.33. The zero-order valence-corrected chi connectivity index (χ0v) is 17.8. The second-order valence-electron chi connectivity index (χ2n) is 7.42. The van der Waals surface area contributed by atoms with Crippen molar-refractivity contribution in [3.05, 3.63) is 29.8 Å². The summed E-state index contributed by atoms with van der Waals surface area (Å²) in [6.07, 6.45) is 4.98. The Balaban J connectivity index is 1.60. The van der Waals surface area contributed by atoms with Crippen LogP contribution in [0.4, 0.5) is 5.69 Å². The molecule has 28 heavy (non-hydrogen) atoms. The van der Waals surface area contributed by atoms with Crippen molar-refractivity contribution in [2.45, 2.75) is 57.2 Å². The minimum atomic E-state index is -0.748. The summed E-state index contributed by atoms with van der Waals surface area (Å²) in [5.41, 5.74) is 2.24. The molecule has 0 saturated heterocycles. The van der Waals surface area contributed by atoms with Gasteiger partial charge in [-0.15, -0.1) is 0 Å². The second-order valence-corrected chi connectivity index (χ2v) is 9.42. The van der Waals surface area contributed by atoms with E-state index < -0.39 is 10.8 Å². The van der Waals surface area contributed by atoms with Crippen LogP contribution in [0.5, 0.6) is 0 Å². The van der Waals surface area contributed by atoms with Crippen LogP contribution in [0.15, 0.2) is 29.3 Å². The molecule has 1 aromatic rings. The van der Waals surface area contributed by atoms with E-state index in [9.17, 15) is 9.00 Å². The summed E-state index contributed by atoms with van der Waals surface area (Å²) in [4.78, 5) is 19.1. The fourth-order valence-electron chi connectivity index (χ4n) is 4.09. The van der Waals surface area contributed by atoms with E-state index >= 15 is 0 Å². The molecule has 6 nitrogen and oxygen atoms in total. The minimum absolute atomic E-state index is 0.0239. The highest BCUT2D eigenvalue weighted by Crippen LogP contribution is 2.27. The number of amides is 1. The highest BCUT2D eigenvalue weighted by atomic mass is 32.2. The Morgan fingerprint density at radius 1 is 1.29 bits per heavy atom. The lowest BCUT2D eigenvalue weighted by molar-refractivity contribution is -0.117. The van der Waals surface area contributed by atoms with Gasteiger partial charge in [0, 0.05) is 46.6 Å². The number of guanidine groups is 1. The number of nitrogens with zero attached hydrogens (tertiary/aromatic N) is 2. The van der Waals surface area contributed by atoms with E-state index in [0.29, 0.717) is 5.96 Å². The van der Waals surface area contributed by atoms with Gasteiger partial charge in [0.15, 0.2) is 5.96 Å². The molecule has 7 heteroatoms. The molecule has 0 radical (unpaired) electrons. The molecule has 3 atom stereocenters. The summed E-state index contributed by atoms with van der Waals surface area (Å²) >= 11 is 0. The molecule has 1 heterocycles.